The molecule has 1 aliphatic rings. The molecule has 1 atom stereocenters. The molecular formula is C14H22N2O2S. The summed E-state index contributed by atoms with van der Waals surface area (Å²) in [5.74, 6) is 0. The summed E-state index contributed by atoms with van der Waals surface area (Å²) >= 11 is 0. The highest BCUT2D eigenvalue weighted by molar-refractivity contribution is 7.93. The maximum atomic E-state index is 12.2. The molecule has 1 aliphatic carbocycles. The number of rotatable bonds is 6. The lowest BCUT2D eigenvalue weighted by Gasteiger charge is -2.16. The van der Waals surface area contributed by atoms with Crippen molar-refractivity contribution in [3.05, 3.63) is 29.3 Å². The summed E-state index contributed by atoms with van der Waals surface area (Å²) in [6, 6.07) is 6.24. The van der Waals surface area contributed by atoms with Gasteiger partial charge in [-0.25, -0.2) is 8.42 Å². The van der Waals surface area contributed by atoms with E-state index in [1.165, 1.54) is 0 Å². The van der Waals surface area contributed by atoms with Crippen LogP contribution in [0.25, 0.3) is 0 Å². The van der Waals surface area contributed by atoms with E-state index in [4.69, 9.17) is 0 Å². The fourth-order valence-electron chi connectivity index (χ4n) is 1.91. The van der Waals surface area contributed by atoms with Gasteiger partial charge in [0, 0.05) is 12.6 Å². The summed E-state index contributed by atoms with van der Waals surface area (Å²) in [5.41, 5.74) is 2.75. The number of anilines is 1. The number of nitrogens with one attached hydrogen (secondary N) is 2. The number of aryl methyl sites for hydroxylation is 2. The second-order valence-electron chi connectivity index (χ2n) is 5.46. The number of hydrogen-bond acceptors (Lipinski definition) is 3. The standard InChI is InChI=1S/C14H22N2O2S/c1-10-4-7-14(11(2)8-10)16-19(17,18)12(3)9-15-13-5-6-13/h4,7-8,12-13,15-16H,5-6,9H2,1-3H3. The van der Waals surface area contributed by atoms with Gasteiger partial charge < -0.3 is 5.32 Å². The molecule has 1 aromatic carbocycles. The van der Waals surface area contributed by atoms with E-state index in [0.717, 1.165) is 24.0 Å². The van der Waals surface area contributed by atoms with Crippen LogP contribution in [-0.2, 0) is 10.0 Å². The molecule has 0 spiro atoms. The molecule has 19 heavy (non-hydrogen) atoms. The zero-order valence-corrected chi connectivity index (χ0v) is 12.5. The van der Waals surface area contributed by atoms with Gasteiger partial charge in [-0.3, -0.25) is 4.72 Å². The van der Waals surface area contributed by atoms with E-state index in [1.54, 1.807) is 6.92 Å². The van der Waals surface area contributed by atoms with Crippen LogP contribution in [0.15, 0.2) is 18.2 Å². The Morgan fingerprint density at radius 1 is 1.32 bits per heavy atom. The summed E-state index contributed by atoms with van der Waals surface area (Å²) in [5, 5.41) is 2.82. The zero-order chi connectivity index (χ0) is 14.0. The minimum absolute atomic E-state index is 0.436. The summed E-state index contributed by atoms with van der Waals surface area (Å²) in [6.45, 7) is 6.15. The highest BCUT2D eigenvalue weighted by atomic mass is 32.2. The SMILES string of the molecule is Cc1ccc(NS(=O)(=O)C(C)CNC2CC2)c(C)c1. The van der Waals surface area contributed by atoms with E-state index in [2.05, 4.69) is 10.0 Å². The van der Waals surface area contributed by atoms with Crippen LogP contribution < -0.4 is 10.0 Å². The average molecular weight is 282 g/mol. The summed E-state index contributed by atoms with van der Waals surface area (Å²) < 4.78 is 27.1. The maximum Gasteiger partial charge on any atom is 0.236 e. The predicted octanol–water partition coefficient (Wildman–Crippen LogP) is 2.19. The molecule has 0 amide bonds. The molecule has 0 radical (unpaired) electrons. The van der Waals surface area contributed by atoms with Crippen LogP contribution in [0.2, 0.25) is 0 Å². The van der Waals surface area contributed by atoms with Crippen LogP contribution in [0.3, 0.4) is 0 Å². The van der Waals surface area contributed by atoms with E-state index in [-0.39, 0.29) is 0 Å². The molecule has 0 bridgehead atoms. The molecule has 0 saturated heterocycles. The van der Waals surface area contributed by atoms with Gasteiger partial charge in [0.1, 0.15) is 0 Å². The fraction of sp³-hybridized carbons (Fsp3) is 0.571. The van der Waals surface area contributed by atoms with Gasteiger partial charge in [-0.15, -0.1) is 0 Å². The quantitative estimate of drug-likeness (QED) is 0.841. The second-order valence-corrected chi connectivity index (χ2v) is 7.56. The molecule has 0 heterocycles. The van der Waals surface area contributed by atoms with Crippen molar-refractivity contribution < 1.29 is 8.42 Å². The van der Waals surface area contributed by atoms with Crippen LogP contribution in [0, 0.1) is 13.8 Å². The Morgan fingerprint density at radius 3 is 2.58 bits per heavy atom. The van der Waals surface area contributed by atoms with Crippen LogP contribution in [0.4, 0.5) is 5.69 Å². The van der Waals surface area contributed by atoms with Crippen molar-refractivity contribution in [2.45, 2.75) is 44.9 Å². The van der Waals surface area contributed by atoms with Crippen LogP contribution >= 0.6 is 0 Å². The van der Waals surface area contributed by atoms with Gasteiger partial charge in [0.15, 0.2) is 0 Å². The molecule has 2 N–H and O–H groups in total. The van der Waals surface area contributed by atoms with Crippen molar-refractivity contribution in [1.82, 2.24) is 5.32 Å². The first-order valence-electron chi connectivity index (χ1n) is 6.71. The van der Waals surface area contributed by atoms with E-state index in [1.807, 2.05) is 32.0 Å². The largest absolute Gasteiger partial charge is 0.313 e. The van der Waals surface area contributed by atoms with Gasteiger partial charge in [-0.1, -0.05) is 17.7 Å². The van der Waals surface area contributed by atoms with E-state index < -0.39 is 15.3 Å². The first-order valence-corrected chi connectivity index (χ1v) is 8.25. The van der Waals surface area contributed by atoms with Gasteiger partial charge in [0.25, 0.3) is 0 Å². The van der Waals surface area contributed by atoms with Crippen molar-refractivity contribution >= 4 is 15.7 Å². The van der Waals surface area contributed by atoms with Gasteiger partial charge >= 0.3 is 0 Å². The lowest BCUT2D eigenvalue weighted by molar-refractivity contribution is 0.576. The highest BCUT2D eigenvalue weighted by Crippen LogP contribution is 2.20. The zero-order valence-electron chi connectivity index (χ0n) is 11.7. The molecule has 1 aromatic rings. The first-order chi connectivity index (χ1) is 8.88. The predicted molar refractivity (Wildman–Crippen MR) is 78.9 cm³/mol. The Bertz CT molecular complexity index is 551. The number of sulfonamides is 1. The first kappa shape index (κ1) is 14.3. The Balaban J connectivity index is 2.02. The Kier molecular flexibility index (Phi) is 4.16. The monoisotopic (exact) mass is 282 g/mol. The van der Waals surface area contributed by atoms with Gasteiger partial charge in [0.2, 0.25) is 10.0 Å². The van der Waals surface area contributed by atoms with Crippen LogP contribution in [-0.4, -0.2) is 26.3 Å². The van der Waals surface area contributed by atoms with E-state index in [0.29, 0.717) is 18.3 Å². The molecule has 4 nitrogen and oxygen atoms in total. The lowest BCUT2D eigenvalue weighted by Crippen LogP contribution is -2.35. The molecule has 5 heteroatoms. The fourth-order valence-corrected chi connectivity index (χ4v) is 2.96. The van der Waals surface area contributed by atoms with Gasteiger partial charge in [0.05, 0.1) is 10.9 Å². The molecule has 0 aliphatic heterocycles. The summed E-state index contributed by atoms with van der Waals surface area (Å²) in [6.07, 6.45) is 2.33. The van der Waals surface area contributed by atoms with Crippen molar-refractivity contribution in [2.24, 2.45) is 0 Å². The maximum absolute atomic E-state index is 12.2. The summed E-state index contributed by atoms with van der Waals surface area (Å²) in [4.78, 5) is 0. The number of benzene rings is 1. The second kappa shape index (κ2) is 5.51. The lowest BCUT2D eigenvalue weighted by atomic mass is 10.1. The average Bonchev–Trinajstić information content (AvgIpc) is 3.13. The highest BCUT2D eigenvalue weighted by Gasteiger charge is 2.26. The Hall–Kier alpha value is -1.07. The Labute approximate surface area is 115 Å². The Morgan fingerprint density at radius 2 is 2.00 bits per heavy atom. The number of hydrogen-bond donors (Lipinski definition) is 2. The third-order valence-electron chi connectivity index (χ3n) is 3.44. The third-order valence-corrected chi connectivity index (χ3v) is 5.17. The van der Waals surface area contributed by atoms with E-state index in [9.17, 15) is 8.42 Å². The molecule has 2 rings (SSSR count). The third kappa shape index (κ3) is 3.94. The van der Waals surface area contributed by atoms with E-state index >= 15 is 0 Å². The van der Waals surface area contributed by atoms with Crippen molar-refractivity contribution in [2.75, 3.05) is 11.3 Å². The van der Waals surface area contributed by atoms with Crippen LogP contribution in [0.1, 0.15) is 30.9 Å². The molecule has 106 valence electrons. The minimum atomic E-state index is -3.33. The smallest absolute Gasteiger partial charge is 0.236 e. The van der Waals surface area contributed by atoms with Crippen molar-refractivity contribution in [3.63, 3.8) is 0 Å². The normalized spacial score (nSPS) is 17.2. The molecule has 1 fully saturated rings. The van der Waals surface area contributed by atoms with Gasteiger partial charge in [-0.05, 0) is 45.2 Å². The van der Waals surface area contributed by atoms with Crippen molar-refractivity contribution in [3.8, 4) is 0 Å². The molecule has 0 aromatic heterocycles. The van der Waals surface area contributed by atoms with Gasteiger partial charge in [-0.2, -0.15) is 0 Å². The molecule has 1 saturated carbocycles. The van der Waals surface area contributed by atoms with Crippen molar-refractivity contribution in [1.29, 1.82) is 0 Å². The minimum Gasteiger partial charge on any atom is -0.313 e. The topological polar surface area (TPSA) is 58.2 Å². The molecule has 1 unspecified atom stereocenters. The summed E-state index contributed by atoms with van der Waals surface area (Å²) in [7, 11) is -3.33. The molecular weight excluding hydrogens is 260 g/mol. The van der Waals surface area contributed by atoms with Crippen LogP contribution in [0.5, 0.6) is 0 Å².